The number of likely N-dealkylation sites (tertiary alicyclic amines) is 1. The van der Waals surface area contributed by atoms with Crippen LogP contribution in [0.5, 0.6) is 11.8 Å². The van der Waals surface area contributed by atoms with Crippen molar-refractivity contribution < 1.29 is 14.2 Å². The van der Waals surface area contributed by atoms with E-state index in [-0.39, 0.29) is 29.0 Å². The van der Waals surface area contributed by atoms with Crippen LogP contribution in [0.15, 0.2) is 36.5 Å². The first kappa shape index (κ1) is 24.7. The number of phenols is 1. The summed E-state index contributed by atoms with van der Waals surface area (Å²) in [6.45, 7) is 3.04. The summed E-state index contributed by atoms with van der Waals surface area (Å²) < 4.78 is 22.6. The highest BCUT2D eigenvalue weighted by Crippen LogP contribution is 2.40. The molecule has 2 bridgehead atoms. The number of anilines is 1. The van der Waals surface area contributed by atoms with E-state index in [0.29, 0.717) is 51.3 Å². The quantitative estimate of drug-likeness (QED) is 0.369. The van der Waals surface area contributed by atoms with Crippen LogP contribution < -0.4 is 15.0 Å². The van der Waals surface area contributed by atoms with E-state index in [9.17, 15) is 5.11 Å². The van der Waals surface area contributed by atoms with Crippen molar-refractivity contribution in [1.82, 2.24) is 25.2 Å². The highest BCUT2D eigenvalue weighted by molar-refractivity contribution is 6.36. The normalized spacial score (nSPS) is 23.3. The number of benzene rings is 2. The van der Waals surface area contributed by atoms with Crippen molar-refractivity contribution in [2.24, 2.45) is 0 Å². The van der Waals surface area contributed by atoms with Crippen molar-refractivity contribution in [3.8, 4) is 23.0 Å². The number of aromatic hydroxyl groups is 1. The number of hydrogen-bond acceptors (Lipinski definition) is 8. The Kier molecular flexibility index (Phi) is 6.17. The summed E-state index contributed by atoms with van der Waals surface area (Å²) in [7, 11) is 2.09. The molecule has 2 aromatic heterocycles. The zero-order valence-electron chi connectivity index (χ0n) is 21.7. The molecule has 0 aliphatic carbocycles. The van der Waals surface area contributed by atoms with E-state index < -0.39 is 5.82 Å². The van der Waals surface area contributed by atoms with Crippen LogP contribution in [-0.2, 0) is 0 Å². The number of piperazine rings is 1. The van der Waals surface area contributed by atoms with Crippen LogP contribution in [0.2, 0.25) is 5.02 Å². The number of phenolic OH excluding ortho intramolecular Hbond substituents is 1. The molecule has 0 saturated carbocycles. The maximum atomic E-state index is 16.5. The van der Waals surface area contributed by atoms with Gasteiger partial charge in [-0.25, -0.2) is 4.39 Å². The number of hydrogen-bond donors (Lipinski definition) is 2. The molecule has 3 saturated heterocycles. The van der Waals surface area contributed by atoms with Gasteiger partial charge in [-0.15, -0.1) is 0 Å². The van der Waals surface area contributed by atoms with Gasteiger partial charge < -0.3 is 25.0 Å². The minimum Gasteiger partial charge on any atom is -0.508 e. The second-order valence-electron chi connectivity index (χ2n) is 11.0. The van der Waals surface area contributed by atoms with Gasteiger partial charge in [0.25, 0.3) is 0 Å². The predicted molar refractivity (Wildman–Crippen MR) is 150 cm³/mol. The summed E-state index contributed by atoms with van der Waals surface area (Å²) in [5, 5.41) is 16.4. The van der Waals surface area contributed by atoms with Crippen LogP contribution in [0.1, 0.15) is 25.7 Å². The molecule has 3 aliphatic rings. The molecule has 2 N–H and O–H groups in total. The van der Waals surface area contributed by atoms with Gasteiger partial charge >= 0.3 is 6.01 Å². The fraction of sp³-hybridized carbons (Fsp3) is 0.414. The average Bonchev–Trinajstić information content (AvgIpc) is 3.50. The number of nitrogens with zero attached hydrogens (tertiary/aromatic N) is 5. The third-order valence-electron chi connectivity index (χ3n) is 8.40. The molecule has 39 heavy (non-hydrogen) atoms. The SMILES string of the molecule is CN1CCC[C@H]1COc1nc(N2CC3CCC(C2)N3)c2cnc(-c3cc(O)cc4cccc(Cl)c34)c(F)c2n1. The summed E-state index contributed by atoms with van der Waals surface area (Å²) in [6.07, 6.45) is 6.04. The largest absolute Gasteiger partial charge is 0.508 e. The molecular weight excluding hydrogens is 519 g/mol. The predicted octanol–water partition coefficient (Wildman–Crippen LogP) is 4.76. The van der Waals surface area contributed by atoms with E-state index in [1.54, 1.807) is 24.4 Å². The van der Waals surface area contributed by atoms with Crippen LogP contribution in [0.3, 0.4) is 0 Å². The first-order chi connectivity index (χ1) is 18.9. The number of fused-ring (bicyclic) bond motifs is 4. The van der Waals surface area contributed by atoms with Crippen LogP contribution in [0.4, 0.5) is 10.2 Å². The van der Waals surface area contributed by atoms with E-state index in [0.717, 1.165) is 45.3 Å². The lowest BCUT2D eigenvalue weighted by Crippen LogP contribution is -2.51. The fourth-order valence-corrected chi connectivity index (χ4v) is 6.68. The lowest BCUT2D eigenvalue weighted by atomic mass is 10.00. The number of halogens is 2. The Morgan fingerprint density at radius 3 is 2.74 bits per heavy atom. The lowest BCUT2D eigenvalue weighted by molar-refractivity contribution is 0.188. The number of aromatic nitrogens is 3. The third kappa shape index (κ3) is 4.42. The summed E-state index contributed by atoms with van der Waals surface area (Å²) in [6, 6.07) is 9.67. The van der Waals surface area contributed by atoms with E-state index >= 15 is 4.39 Å². The third-order valence-corrected chi connectivity index (χ3v) is 8.72. The molecule has 8 nitrogen and oxygen atoms in total. The fourth-order valence-electron chi connectivity index (χ4n) is 6.40. The van der Waals surface area contributed by atoms with Crippen molar-refractivity contribution >= 4 is 39.1 Å². The molecule has 4 aromatic rings. The molecular formula is C29H30ClFN6O2. The molecule has 2 aromatic carbocycles. The van der Waals surface area contributed by atoms with Crippen molar-refractivity contribution in [1.29, 1.82) is 0 Å². The summed E-state index contributed by atoms with van der Waals surface area (Å²) in [5.41, 5.74) is 0.627. The Balaban J connectivity index is 1.37. The van der Waals surface area contributed by atoms with E-state index in [1.807, 2.05) is 6.07 Å². The molecule has 5 heterocycles. The molecule has 7 rings (SSSR count). The van der Waals surface area contributed by atoms with Crippen LogP contribution in [-0.4, -0.2) is 76.4 Å². The molecule has 0 radical (unpaired) electrons. The van der Waals surface area contributed by atoms with Gasteiger partial charge in [0.15, 0.2) is 5.82 Å². The lowest BCUT2D eigenvalue weighted by Gasteiger charge is -2.34. The molecule has 0 amide bonds. The topological polar surface area (TPSA) is 86.6 Å². The highest BCUT2D eigenvalue weighted by atomic mass is 35.5. The minimum absolute atomic E-state index is 0.00504. The zero-order valence-corrected chi connectivity index (χ0v) is 22.5. The zero-order chi connectivity index (χ0) is 26.7. The van der Waals surface area contributed by atoms with Crippen LogP contribution >= 0.6 is 11.6 Å². The Hall–Kier alpha value is -3.27. The van der Waals surface area contributed by atoms with Gasteiger partial charge in [0, 0.05) is 53.4 Å². The van der Waals surface area contributed by atoms with E-state index in [1.165, 1.54) is 6.07 Å². The summed E-state index contributed by atoms with van der Waals surface area (Å²) in [5.74, 6) is 0.0549. The maximum Gasteiger partial charge on any atom is 0.319 e. The second kappa shape index (κ2) is 9.73. The van der Waals surface area contributed by atoms with Crippen LogP contribution in [0, 0.1) is 5.82 Å². The molecule has 0 spiro atoms. The van der Waals surface area contributed by atoms with Gasteiger partial charge in [0.1, 0.15) is 29.4 Å². The molecule has 202 valence electrons. The smallest absolute Gasteiger partial charge is 0.319 e. The minimum atomic E-state index is -0.594. The first-order valence-corrected chi connectivity index (χ1v) is 13.9. The Morgan fingerprint density at radius 1 is 1.15 bits per heavy atom. The molecule has 10 heteroatoms. The van der Waals surface area contributed by atoms with Gasteiger partial charge in [-0.2, -0.15) is 9.97 Å². The molecule has 3 atom stereocenters. The van der Waals surface area contributed by atoms with Crippen molar-refractivity contribution in [2.75, 3.05) is 38.2 Å². The molecule has 2 unspecified atom stereocenters. The molecule has 3 aliphatic heterocycles. The number of rotatable bonds is 5. The molecule has 3 fully saturated rings. The number of pyridine rings is 1. The standard InChI is InChI=1S/C29H30ClFN6O2/c1-36-9-3-5-19(36)15-39-29-34-27-22(28(35-29)37-13-17-7-8-18(14-37)33-17)12-32-26(25(27)31)21-11-20(38)10-16-4-2-6-23(30)24(16)21/h2,4,6,10-12,17-19,33,38H,3,5,7-9,13-15H2,1H3/t17?,18?,19-/m0/s1. The van der Waals surface area contributed by atoms with Crippen molar-refractivity contribution in [3.05, 3.63) is 47.4 Å². The van der Waals surface area contributed by atoms with Gasteiger partial charge in [-0.05, 0) is 62.9 Å². The van der Waals surface area contributed by atoms with Gasteiger partial charge in [-0.1, -0.05) is 23.7 Å². The second-order valence-corrected chi connectivity index (χ2v) is 11.4. The van der Waals surface area contributed by atoms with E-state index in [4.69, 9.17) is 21.3 Å². The number of likely N-dealkylation sites (N-methyl/N-ethyl adjacent to an activating group) is 1. The van der Waals surface area contributed by atoms with Crippen molar-refractivity contribution in [2.45, 2.75) is 43.8 Å². The monoisotopic (exact) mass is 548 g/mol. The Morgan fingerprint density at radius 2 is 1.97 bits per heavy atom. The first-order valence-electron chi connectivity index (χ1n) is 13.6. The maximum absolute atomic E-state index is 16.5. The summed E-state index contributed by atoms with van der Waals surface area (Å²) >= 11 is 6.54. The van der Waals surface area contributed by atoms with E-state index in [2.05, 4.69) is 32.1 Å². The van der Waals surface area contributed by atoms with Crippen molar-refractivity contribution in [3.63, 3.8) is 0 Å². The average molecular weight is 549 g/mol. The number of nitrogens with one attached hydrogen (secondary N) is 1. The van der Waals surface area contributed by atoms with Crippen LogP contribution in [0.25, 0.3) is 32.9 Å². The van der Waals surface area contributed by atoms with Gasteiger partial charge in [-0.3, -0.25) is 4.98 Å². The Labute approximate surface area is 230 Å². The van der Waals surface area contributed by atoms with Gasteiger partial charge in [0.2, 0.25) is 0 Å². The van der Waals surface area contributed by atoms with Gasteiger partial charge in [0.05, 0.1) is 5.39 Å². The Bertz CT molecular complexity index is 1570. The number of ether oxygens (including phenoxy) is 1. The highest BCUT2D eigenvalue weighted by Gasteiger charge is 2.34. The summed E-state index contributed by atoms with van der Waals surface area (Å²) in [4.78, 5) is 18.4.